The van der Waals surface area contributed by atoms with Crippen LogP contribution in [0.15, 0.2) is 38.5 Å². The summed E-state index contributed by atoms with van der Waals surface area (Å²) in [5.74, 6) is 0. The number of rotatable bonds is 6. The van der Waals surface area contributed by atoms with E-state index in [1.165, 1.54) is 16.9 Å². The maximum Gasteiger partial charge on any atom is 0.250 e. The minimum atomic E-state index is -3.42. The zero-order valence-electron chi connectivity index (χ0n) is 13.0. The average molecular weight is 372 g/mol. The zero-order chi connectivity index (χ0) is 16.3. The molecule has 0 bridgehead atoms. The summed E-state index contributed by atoms with van der Waals surface area (Å²) < 4.78 is 27.9. The third kappa shape index (κ3) is 4.20. The molecule has 5 nitrogen and oxygen atoms in total. The Hall–Kier alpha value is -0.770. The monoisotopic (exact) mass is 371 g/mol. The Balaban J connectivity index is 1.72. The van der Waals surface area contributed by atoms with Crippen molar-refractivity contribution in [2.24, 2.45) is 0 Å². The summed E-state index contributed by atoms with van der Waals surface area (Å²) >= 11 is 2.90. The quantitative estimate of drug-likeness (QED) is 0.845. The van der Waals surface area contributed by atoms with Gasteiger partial charge >= 0.3 is 0 Å². The lowest BCUT2D eigenvalue weighted by Gasteiger charge is -2.37. The van der Waals surface area contributed by atoms with Crippen LogP contribution in [0.2, 0.25) is 0 Å². The van der Waals surface area contributed by atoms with Crippen LogP contribution in [0.5, 0.6) is 0 Å². The van der Waals surface area contributed by atoms with E-state index in [4.69, 9.17) is 0 Å². The van der Waals surface area contributed by atoms with Crippen LogP contribution in [0.3, 0.4) is 0 Å². The number of hydrogen-bond acceptors (Lipinski definition) is 6. The molecule has 0 radical (unpaired) electrons. The van der Waals surface area contributed by atoms with Crippen molar-refractivity contribution in [3.8, 4) is 0 Å². The van der Waals surface area contributed by atoms with Gasteiger partial charge in [-0.15, -0.1) is 11.3 Å². The fraction of sp³-hybridized carbons (Fsp3) is 0.467. The third-order valence-corrected chi connectivity index (χ3v) is 7.66. The molecule has 1 atom stereocenters. The molecule has 2 aromatic rings. The van der Waals surface area contributed by atoms with Crippen LogP contribution in [0.1, 0.15) is 11.6 Å². The van der Waals surface area contributed by atoms with Crippen molar-refractivity contribution in [1.29, 1.82) is 0 Å². The summed E-state index contributed by atoms with van der Waals surface area (Å²) in [6.45, 7) is 4.34. The molecular weight excluding hydrogens is 350 g/mol. The molecule has 0 amide bonds. The fourth-order valence-corrected chi connectivity index (χ4v) is 5.52. The highest BCUT2D eigenvalue weighted by molar-refractivity contribution is 7.91. The fourth-order valence-electron chi connectivity index (χ4n) is 2.73. The number of hydrogen-bond donors (Lipinski definition) is 1. The van der Waals surface area contributed by atoms with Crippen LogP contribution in [0, 0.1) is 0 Å². The minimum Gasteiger partial charge on any atom is -0.304 e. The second-order valence-electron chi connectivity index (χ2n) is 5.70. The molecule has 1 N–H and O–H groups in total. The molecule has 23 heavy (non-hydrogen) atoms. The number of sulfonamides is 1. The molecule has 0 aromatic carbocycles. The predicted octanol–water partition coefficient (Wildman–Crippen LogP) is 2.08. The van der Waals surface area contributed by atoms with Crippen molar-refractivity contribution in [1.82, 2.24) is 14.5 Å². The van der Waals surface area contributed by atoms with E-state index >= 15 is 0 Å². The second kappa shape index (κ2) is 7.42. The van der Waals surface area contributed by atoms with Crippen LogP contribution in [-0.2, 0) is 10.0 Å². The number of nitrogens with one attached hydrogen (secondary N) is 1. The van der Waals surface area contributed by atoms with E-state index < -0.39 is 10.0 Å². The van der Waals surface area contributed by atoms with E-state index in [0.717, 1.165) is 26.2 Å². The largest absolute Gasteiger partial charge is 0.304 e. The van der Waals surface area contributed by atoms with Crippen LogP contribution in [-0.4, -0.2) is 58.0 Å². The summed E-state index contributed by atoms with van der Waals surface area (Å²) in [4.78, 5) is 4.68. The highest BCUT2D eigenvalue weighted by Gasteiger charge is 2.26. The van der Waals surface area contributed by atoms with Gasteiger partial charge in [0.05, 0.1) is 0 Å². The van der Waals surface area contributed by atoms with Gasteiger partial charge in [-0.25, -0.2) is 13.1 Å². The topological polar surface area (TPSA) is 52.6 Å². The Bertz CT molecular complexity index is 690. The Morgan fingerprint density at radius 3 is 2.61 bits per heavy atom. The van der Waals surface area contributed by atoms with Gasteiger partial charge < -0.3 is 4.90 Å². The van der Waals surface area contributed by atoms with E-state index in [-0.39, 0.29) is 6.04 Å². The lowest BCUT2D eigenvalue weighted by molar-refractivity contribution is 0.113. The van der Waals surface area contributed by atoms with Crippen LogP contribution < -0.4 is 4.72 Å². The van der Waals surface area contributed by atoms with E-state index in [1.54, 1.807) is 28.8 Å². The molecule has 0 saturated carbocycles. The lowest BCUT2D eigenvalue weighted by atomic mass is 10.1. The lowest BCUT2D eigenvalue weighted by Crippen LogP contribution is -2.48. The standard InChI is InChI=1S/C15H21N3O2S3/c1-17-5-7-18(8-6-17)14(13-4-10-21-12-13)11-16-23(19,20)15-3-2-9-22-15/h2-4,9-10,12,14,16H,5-8,11H2,1H3/t14-/m0/s1. The van der Waals surface area contributed by atoms with Crippen LogP contribution in [0.4, 0.5) is 0 Å². The zero-order valence-corrected chi connectivity index (χ0v) is 15.5. The van der Waals surface area contributed by atoms with E-state index in [2.05, 4.69) is 33.0 Å². The molecule has 2 aromatic heterocycles. The van der Waals surface area contributed by atoms with E-state index in [9.17, 15) is 8.42 Å². The molecule has 0 unspecified atom stereocenters. The third-order valence-electron chi connectivity index (χ3n) is 4.13. The Labute approximate surface area is 145 Å². The number of piperazine rings is 1. The van der Waals surface area contributed by atoms with Gasteiger partial charge in [-0.3, -0.25) is 4.90 Å². The molecule has 3 heterocycles. The van der Waals surface area contributed by atoms with Crippen molar-refractivity contribution < 1.29 is 8.42 Å². The number of nitrogens with zero attached hydrogens (tertiary/aromatic N) is 2. The SMILES string of the molecule is CN1CCN([C@@H](CNS(=O)(=O)c2cccs2)c2ccsc2)CC1. The highest BCUT2D eigenvalue weighted by Crippen LogP contribution is 2.25. The molecule has 0 aliphatic carbocycles. The maximum absolute atomic E-state index is 12.4. The van der Waals surface area contributed by atoms with Crippen LogP contribution >= 0.6 is 22.7 Å². The van der Waals surface area contributed by atoms with Crippen LogP contribution in [0.25, 0.3) is 0 Å². The molecule has 1 aliphatic rings. The van der Waals surface area contributed by atoms with Gasteiger partial charge in [0.25, 0.3) is 0 Å². The predicted molar refractivity (Wildman–Crippen MR) is 95.6 cm³/mol. The number of thiophene rings is 2. The van der Waals surface area contributed by atoms with Crippen molar-refractivity contribution >= 4 is 32.7 Å². The molecule has 3 rings (SSSR count). The average Bonchev–Trinajstić information content (AvgIpc) is 3.23. The normalized spacial score (nSPS) is 19.0. The van der Waals surface area contributed by atoms with Gasteiger partial charge in [-0.2, -0.15) is 11.3 Å². The van der Waals surface area contributed by atoms with E-state index in [0.29, 0.717) is 10.8 Å². The van der Waals surface area contributed by atoms with Gasteiger partial charge in [0.15, 0.2) is 0 Å². The first-order valence-corrected chi connectivity index (χ1v) is 10.8. The number of likely N-dealkylation sites (N-methyl/N-ethyl adjacent to an activating group) is 1. The molecule has 1 fully saturated rings. The van der Waals surface area contributed by atoms with Gasteiger partial charge in [0.2, 0.25) is 10.0 Å². The van der Waals surface area contributed by atoms with E-state index in [1.807, 2.05) is 5.38 Å². The Morgan fingerprint density at radius 2 is 2.00 bits per heavy atom. The first kappa shape index (κ1) is 17.1. The molecule has 8 heteroatoms. The smallest absolute Gasteiger partial charge is 0.250 e. The Morgan fingerprint density at radius 1 is 1.22 bits per heavy atom. The molecular formula is C15H21N3O2S3. The van der Waals surface area contributed by atoms with Crippen molar-refractivity contribution in [3.63, 3.8) is 0 Å². The minimum absolute atomic E-state index is 0.0877. The van der Waals surface area contributed by atoms with Gasteiger partial charge in [-0.05, 0) is 40.9 Å². The summed E-state index contributed by atoms with van der Waals surface area (Å²) in [6.07, 6.45) is 0. The maximum atomic E-state index is 12.4. The highest BCUT2D eigenvalue weighted by atomic mass is 32.2. The summed E-state index contributed by atoms with van der Waals surface area (Å²) in [7, 11) is -1.30. The van der Waals surface area contributed by atoms with Crippen molar-refractivity contribution in [2.45, 2.75) is 10.3 Å². The van der Waals surface area contributed by atoms with Gasteiger partial charge in [0, 0.05) is 38.8 Å². The first-order valence-electron chi connectivity index (χ1n) is 7.54. The Kier molecular flexibility index (Phi) is 5.50. The van der Waals surface area contributed by atoms with Crippen molar-refractivity contribution in [3.05, 3.63) is 39.9 Å². The van der Waals surface area contributed by atoms with Gasteiger partial charge in [0.1, 0.15) is 4.21 Å². The molecule has 1 saturated heterocycles. The molecule has 1 aliphatic heterocycles. The summed E-state index contributed by atoms with van der Waals surface area (Å²) in [5.41, 5.74) is 1.19. The molecule has 0 spiro atoms. The molecule has 126 valence electrons. The van der Waals surface area contributed by atoms with Crippen molar-refractivity contribution in [2.75, 3.05) is 39.8 Å². The summed E-state index contributed by atoms with van der Waals surface area (Å²) in [6, 6.07) is 5.58. The second-order valence-corrected chi connectivity index (χ2v) is 9.42. The summed E-state index contributed by atoms with van der Waals surface area (Å²) in [5, 5.41) is 5.94. The van der Waals surface area contributed by atoms with Gasteiger partial charge in [-0.1, -0.05) is 6.07 Å². The first-order chi connectivity index (χ1) is 11.1.